The molecular formula is C13H21BrClN5. The maximum Gasteiger partial charge on any atom is 0.221 e. The van der Waals surface area contributed by atoms with Crippen molar-refractivity contribution >= 4 is 40.3 Å². The molecule has 7 heteroatoms. The molecule has 0 atom stereocenters. The fourth-order valence-corrected chi connectivity index (χ4v) is 1.88. The van der Waals surface area contributed by atoms with Crippen LogP contribution in [0.5, 0.6) is 0 Å². The number of nitrogens with two attached hydrogens (primary N) is 2. The molecule has 0 aliphatic rings. The van der Waals surface area contributed by atoms with Crippen LogP contribution in [0, 0.1) is 5.41 Å². The van der Waals surface area contributed by atoms with Crippen LogP contribution in [0.15, 0.2) is 33.7 Å². The summed E-state index contributed by atoms with van der Waals surface area (Å²) in [6, 6.07) is 8.01. The summed E-state index contributed by atoms with van der Waals surface area (Å²) in [5.41, 5.74) is 11.8. The van der Waals surface area contributed by atoms with Gasteiger partial charge in [-0.2, -0.15) is 4.99 Å². The first kappa shape index (κ1) is 18.7. The van der Waals surface area contributed by atoms with Gasteiger partial charge < -0.3 is 16.4 Å². The number of nitrogens with zero attached hydrogens (tertiary/aromatic N) is 2. The molecule has 0 aliphatic heterocycles. The maximum absolute atomic E-state index is 7.92. The number of halogens is 2. The topological polar surface area (TPSA) is 91.5 Å². The monoisotopic (exact) mass is 361 g/mol. The van der Waals surface area contributed by atoms with Crippen LogP contribution in [0.3, 0.4) is 0 Å². The Morgan fingerprint density at radius 3 is 2.40 bits per heavy atom. The molecule has 0 fully saturated rings. The van der Waals surface area contributed by atoms with Crippen molar-refractivity contribution < 1.29 is 0 Å². The predicted molar refractivity (Wildman–Crippen MR) is 90.2 cm³/mol. The van der Waals surface area contributed by atoms with Crippen LogP contribution >= 0.6 is 28.3 Å². The number of aliphatic imine (C=N–C) groups is 1. The number of nitrogens with one attached hydrogen (secondary N) is 1. The maximum atomic E-state index is 7.92. The van der Waals surface area contributed by atoms with Gasteiger partial charge >= 0.3 is 0 Å². The van der Waals surface area contributed by atoms with Crippen LogP contribution in [-0.4, -0.2) is 23.4 Å². The lowest BCUT2D eigenvalue weighted by Gasteiger charge is -2.22. The van der Waals surface area contributed by atoms with E-state index in [-0.39, 0.29) is 24.3 Å². The highest BCUT2D eigenvalue weighted by Gasteiger charge is 2.09. The number of hydrogen-bond acceptors (Lipinski definition) is 1. The minimum atomic E-state index is -0.0812. The fourth-order valence-electron chi connectivity index (χ4n) is 1.61. The molecule has 0 heterocycles. The predicted octanol–water partition coefficient (Wildman–Crippen LogP) is 2.68. The van der Waals surface area contributed by atoms with Gasteiger partial charge in [0.1, 0.15) is 0 Å². The molecule has 0 bridgehead atoms. The molecule has 1 rings (SSSR count). The molecule has 1 aromatic rings. The molecule has 0 aromatic heterocycles. The number of hydrogen-bond donors (Lipinski definition) is 3. The van der Waals surface area contributed by atoms with Crippen LogP contribution in [0.2, 0.25) is 0 Å². The van der Waals surface area contributed by atoms with Crippen molar-refractivity contribution in [3.05, 3.63) is 34.3 Å². The van der Waals surface area contributed by atoms with Crippen molar-refractivity contribution in [1.82, 2.24) is 4.90 Å². The Balaban J connectivity index is 0.00000361. The van der Waals surface area contributed by atoms with Crippen LogP contribution in [0.4, 0.5) is 0 Å². The molecule has 1 aromatic carbocycles. The molecule has 0 radical (unpaired) electrons. The first-order valence-corrected chi connectivity index (χ1v) is 6.99. The van der Waals surface area contributed by atoms with Gasteiger partial charge in [-0.1, -0.05) is 41.4 Å². The minimum absolute atomic E-state index is 0. The van der Waals surface area contributed by atoms with Crippen molar-refractivity contribution in [3.63, 3.8) is 0 Å². The Hall–Kier alpha value is -1.27. The highest BCUT2D eigenvalue weighted by molar-refractivity contribution is 9.10. The van der Waals surface area contributed by atoms with Crippen molar-refractivity contribution in [2.24, 2.45) is 16.5 Å². The zero-order chi connectivity index (χ0) is 14.3. The zero-order valence-electron chi connectivity index (χ0n) is 11.5. The summed E-state index contributed by atoms with van der Waals surface area (Å²) in [4.78, 5) is 5.68. The number of guanidine groups is 2. The molecule has 0 unspecified atom stereocenters. The van der Waals surface area contributed by atoms with Gasteiger partial charge in [0, 0.05) is 17.6 Å². The number of benzene rings is 1. The van der Waals surface area contributed by atoms with Gasteiger partial charge in [0.2, 0.25) is 5.96 Å². The SMILES string of the molecule is CCCCN(Cc1ccc(Br)cc1)C(=N)N=C(N)N.Cl. The Morgan fingerprint density at radius 1 is 1.30 bits per heavy atom. The summed E-state index contributed by atoms with van der Waals surface area (Å²) in [6.07, 6.45) is 2.06. The Bertz CT molecular complexity index is 443. The fraction of sp³-hybridized carbons (Fsp3) is 0.385. The third-order valence-electron chi connectivity index (χ3n) is 2.60. The van der Waals surface area contributed by atoms with Crippen LogP contribution < -0.4 is 11.5 Å². The molecule has 0 spiro atoms. The molecule has 112 valence electrons. The van der Waals surface area contributed by atoms with E-state index in [9.17, 15) is 0 Å². The van der Waals surface area contributed by atoms with E-state index in [0.29, 0.717) is 6.54 Å². The number of rotatable bonds is 5. The van der Waals surface area contributed by atoms with E-state index >= 15 is 0 Å². The Labute approximate surface area is 134 Å². The van der Waals surface area contributed by atoms with Gasteiger partial charge in [-0.15, -0.1) is 12.4 Å². The Morgan fingerprint density at radius 2 is 1.90 bits per heavy atom. The van der Waals surface area contributed by atoms with Crippen molar-refractivity contribution in [3.8, 4) is 0 Å². The van der Waals surface area contributed by atoms with Gasteiger partial charge in [0.05, 0.1) is 0 Å². The van der Waals surface area contributed by atoms with E-state index in [1.54, 1.807) is 0 Å². The van der Waals surface area contributed by atoms with E-state index in [0.717, 1.165) is 29.4 Å². The first-order chi connectivity index (χ1) is 9.02. The van der Waals surface area contributed by atoms with Gasteiger partial charge in [-0.05, 0) is 24.1 Å². The lowest BCUT2D eigenvalue weighted by Crippen LogP contribution is -2.33. The third kappa shape index (κ3) is 6.77. The van der Waals surface area contributed by atoms with E-state index < -0.39 is 0 Å². The summed E-state index contributed by atoms with van der Waals surface area (Å²) in [7, 11) is 0. The van der Waals surface area contributed by atoms with Gasteiger partial charge in [0.15, 0.2) is 5.96 Å². The summed E-state index contributed by atoms with van der Waals surface area (Å²) in [5, 5.41) is 7.92. The van der Waals surface area contributed by atoms with Gasteiger partial charge in [0.25, 0.3) is 0 Å². The molecule has 0 saturated carbocycles. The average Bonchev–Trinajstić information content (AvgIpc) is 2.35. The van der Waals surface area contributed by atoms with Crippen molar-refractivity contribution in [1.29, 1.82) is 5.41 Å². The third-order valence-corrected chi connectivity index (χ3v) is 3.13. The molecular weight excluding hydrogens is 342 g/mol. The molecule has 5 N–H and O–H groups in total. The van der Waals surface area contributed by atoms with Crippen LogP contribution in [-0.2, 0) is 6.54 Å². The summed E-state index contributed by atoms with van der Waals surface area (Å²) >= 11 is 3.40. The lowest BCUT2D eigenvalue weighted by atomic mass is 10.2. The summed E-state index contributed by atoms with van der Waals surface area (Å²) < 4.78 is 1.04. The highest BCUT2D eigenvalue weighted by Crippen LogP contribution is 2.13. The number of unbranched alkanes of at least 4 members (excludes halogenated alkanes) is 1. The lowest BCUT2D eigenvalue weighted by molar-refractivity contribution is 0.395. The minimum Gasteiger partial charge on any atom is -0.370 e. The van der Waals surface area contributed by atoms with E-state index in [2.05, 4.69) is 27.8 Å². The quantitative estimate of drug-likeness (QED) is 0.555. The largest absolute Gasteiger partial charge is 0.370 e. The molecule has 0 amide bonds. The summed E-state index contributed by atoms with van der Waals surface area (Å²) in [5.74, 6) is 0.0265. The second-order valence-electron chi connectivity index (χ2n) is 4.26. The highest BCUT2D eigenvalue weighted by atomic mass is 79.9. The first-order valence-electron chi connectivity index (χ1n) is 6.20. The van der Waals surface area contributed by atoms with Crippen molar-refractivity contribution in [2.45, 2.75) is 26.3 Å². The normalized spacial score (nSPS) is 9.50. The van der Waals surface area contributed by atoms with Crippen LogP contribution in [0.1, 0.15) is 25.3 Å². The standard InChI is InChI=1S/C13H20BrN5.ClH/c1-2-3-8-19(13(17)18-12(15)16)9-10-4-6-11(14)7-5-10;/h4-7H,2-3,8-9H2,1H3,(H5,15,16,17,18);1H. The molecule has 5 nitrogen and oxygen atoms in total. The second kappa shape index (κ2) is 9.61. The summed E-state index contributed by atoms with van der Waals surface area (Å²) in [6.45, 7) is 3.51. The van der Waals surface area contributed by atoms with E-state index in [1.165, 1.54) is 0 Å². The molecule has 0 saturated heterocycles. The second-order valence-corrected chi connectivity index (χ2v) is 5.18. The molecule has 20 heavy (non-hydrogen) atoms. The van der Waals surface area contributed by atoms with Crippen LogP contribution in [0.25, 0.3) is 0 Å². The van der Waals surface area contributed by atoms with E-state index in [1.807, 2.05) is 29.2 Å². The van der Waals surface area contributed by atoms with Gasteiger partial charge in [-0.25, -0.2) is 0 Å². The van der Waals surface area contributed by atoms with Gasteiger partial charge in [-0.3, -0.25) is 5.41 Å². The zero-order valence-corrected chi connectivity index (χ0v) is 13.9. The average molecular weight is 363 g/mol. The van der Waals surface area contributed by atoms with Crippen molar-refractivity contribution in [2.75, 3.05) is 6.54 Å². The smallest absolute Gasteiger partial charge is 0.221 e. The molecule has 0 aliphatic carbocycles. The Kier molecular flexibility index (Phi) is 9.00. The van der Waals surface area contributed by atoms with E-state index in [4.69, 9.17) is 16.9 Å².